The Morgan fingerprint density at radius 3 is 2.55 bits per heavy atom. The fourth-order valence-corrected chi connectivity index (χ4v) is 3.38. The molecule has 1 aliphatic carbocycles. The number of fused-ring (bicyclic) bond motifs is 1. The molecular weight excluding hydrogens is 332 g/mol. The second-order valence-electron chi connectivity index (χ2n) is 5.29. The number of hydrogen-bond donors (Lipinski definition) is 2. The first-order valence-electron chi connectivity index (χ1n) is 6.97. The summed E-state index contributed by atoms with van der Waals surface area (Å²) >= 11 is 8.88. The fraction of sp³-hybridized carbons (Fsp3) is 0.312. The van der Waals surface area contributed by atoms with E-state index in [9.17, 15) is 0 Å². The maximum atomic E-state index is 5.39. The van der Waals surface area contributed by atoms with Gasteiger partial charge in [-0.1, -0.05) is 40.9 Å². The van der Waals surface area contributed by atoms with Crippen LogP contribution in [0.3, 0.4) is 0 Å². The van der Waals surface area contributed by atoms with Crippen LogP contribution in [0.4, 0.5) is 5.69 Å². The number of anilines is 1. The summed E-state index contributed by atoms with van der Waals surface area (Å²) in [5.41, 5.74) is 1.04. The Hall–Kier alpha value is -1.13. The maximum Gasteiger partial charge on any atom is 0.170 e. The van der Waals surface area contributed by atoms with Gasteiger partial charge in [0.15, 0.2) is 5.11 Å². The topological polar surface area (TPSA) is 24.1 Å². The first-order chi connectivity index (χ1) is 9.70. The van der Waals surface area contributed by atoms with Crippen molar-refractivity contribution in [3.8, 4) is 0 Å². The number of hydrogen-bond acceptors (Lipinski definition) is 1. The first kappa shape index (κ1) is 13.8. The average molecular weight is 349 g/mol. The number of thiocarbonyl (C=S) groups is 1. The van der Waals surface area contributed by atoms with Crippen LogP contribution in [0.15, 0.2) is 40.9 Å². The van der Waals surface area contributed by atoms with Crippen molar-refractivity contribution in [1.82, 2.24) is 5.32 Å². The summed E-state index contributed by atoms with van der Waals surface area (Å²) in [5, 5.41) is 9.84. The Balaban J connectivity index is 1.70. The summed E-state index contributed by atoms with van der Waals surface area (Å²) in [6.45, 7) is 0. The van der Waals surface area contributed by atoms with E-state index < -0.39 is 0 Å². The van der Waals surface area contributed by atoms with Crippen LogP contribution in [-0.4, -0.2) is 11.2 Å². The lowest BCUT2D eigenvalue weighted by atomic mass is 10.1. The Labute approximate surface area is 133 Å². The summed E-state index contributed by atoms with van der Waals surface area (Å²) in [6, 6.07) is 13.1. The summed E-state index contributed by atoms with van der Waals surface area (Å²) < 4.78 is 1.10. The van der Waals surface area contributed by atoms with Gasteiger partial charge in [0.05, 0.1) is 0 Å². The lowest BCUT2D eigenvalue weighted by molar-refractivity contribution is 0.634. The van der Waals surface area contributed by atoms with E-state index in [2.05, 4.69) is 63.0 Å². The van der Waals surface area contributed by atoms with E-state index in [-0.39, 0.29) is 0 Å². The van der Waals surface area contributed by atoms with Crippen molar-refractivity contribution < 1.29 is 0 Å². The van der Waals surface area contributed by atoms with Crippen molar-refractivity contribution in [3.05, 3.63) is 40.9 Å². The van der Waals surface area contributed by atoms with Crippen molar-refractivity contribution in [2.75, 3.05) is 5.32 Å². The molecule has 0 unspecified atom stereocenters. The third-order valence-electron chi connectivity index (χ3n) is 3.75. The number of halogens is 1. The second-order valence-corrected chi connectivity index (χ2v) is 6.61. The third kappa shape index (κ3) is 3.30. The third-order valence-corrected chi connectivity index (χ3v) is 4.46. The zero-order valence-electron chi connectivity index (χ0n) is 11.2. The van der Waals surface area contributed by atoms with E-state index >= 15 is 0 Å². The zero-order chi connectivity index (χ0) is 13.9. The zero-order valence-corrected chi connectivity index (χ0v) is 13.6. The normalized spacial score (nSPS) is 15.4. The van der Waals surface area contributed by atoms with Crippen LogP contribution in [0.25, 0.3) is 10.8 Å². The molecule has 104 valence electrons. The van der Waals surface area contributed by atoms with Gasteiger partial charge in [-0.15, -0.1) is 0 Å². The van der Waals surface area contributed by atoms with Gasteiger partial charge in [0.1, 0.15) is 0 Å². The minimum atomic E-state index is 0.548. The molecule has 4 heteroatoms. The molecule has 2 aromatic carbocycles. The van der Waals surface area contributed by atoms with Crippen LogP contribution in [0.5, 0.6) is 0 Å². The molecule has 0 atom stereocenters. The monoisotopic (exact) mass is 348 g/mol. The summed E-state index contributed by atoms with van der Waals surface area (Å²) in [4.78, 5) is 0. The molecule has 0 radical (unpaired) electrons. The van der Waals surface area contributed by atoms with Crippen LogP contribution in [0.1, 0.15) is 25.7 Å². The summed E-state index contributed by atoms with van der Waals surface area (Å²) in [7, 11) is 0. The molecule has 3 rings (SSSR count). The highest BCUT2D eigenvalue weighted by atomic mass is 79.9. The molecule has 0 aliphatic heterocycles. The molecule has 0 aromatic heterocycles. The van der Waals surface area contributed by atoms with Crippen LogP contribution >= 0.6 is 28.1 Å². The molecule has 2 aromatic rings. The molecule has 0 spiro atoms. The van der Waals surface area contributed by atoms with E-state index in [1.807, 2.05) is 0 Å². The highest BCUT2D eigenvalue weighted by Crippen LogP contribution is 2.23. The van der Waals surface area contributed by atoms with Gasteiger partial charge >= 0.3 is 0 Å². The summed E-state index contributed by atoms with van der Waals surface area (Å²) in [6.07, 6.45) is 5.08. The molecule has 1 aliphatic rings. The van der Waals surface area contributed by atoms with Crippen molar-refractivity contribution in [3.63, 3.8) is 0 Å². The van der Waals surface area contributed by atoms with Gasteiger partial charge in [0.2, 0.25) is 0 Å². The predicted octanol–water partition coefficient (Wildman–Crippen LogP) is 4.83. The van der Waals surface area contributed by atoms with Crippen LogP contribution < -0.4 is 10.6 Å². The average Bonchev–Trinajstić information content (AvgIpc) is 2.91. The molecule has 1 fully saturated rings. The van der Waals surface area contributed by atoms with E-state index in [0.717, 1.165) is 15.3 Å². The Morgan fingerprint density at radius 2 is 1.75 bits per heavy atom. The van der Waals surface area contributed by atoms with Crippen LogP contribution in [0.2, 0.25) is 0 Å². The van der Waals surface area contributed by atoms with Gasteiger partial charge in [-0.3, -0.25) is 0 Å². The fourth-order valence-electron chi connectivity index (χ4n) is 2.72. The molecule has 20 heavy (non-hydrogen) atoms. The molecule has 2 N–H and O–H groups in total. The molecular formula is C16H17BrN2S. The lowest BCUT2D eigenvalue weighted by Gasteiger charge is -2.16. The minimum absolute atomic E-state index is 0.548. The molecule has 2 nitrogen and oxygen atoms in total. The van der Waals surface area contributed by atoms with Crippen molar-refractivity contribution in [2.24, 2.45) is 0 Å². The number of benzene rings is 2. The van der Waals surface area contributed by atoms with Gasteiger partial charge in [0.25, 0.3) is 0 Å². The van der Waals surface area contributed by atoms with Crippen molar-refractivity contribution in [1.29, 1.82) is 0 Å². The van der Waals surface area contributed by atoms with Crippen LogP contribution in [0, 0.1) is 0 Å². The quantitative estimate of drug-likeness (QED) is 0.760. The second kappa shape index (κ2) is 6.10. The smallest absolute Gasteiger partial charge is 0.170 e. The van der Waals surface area contributed by atoms with Gasteiger partial charge in [-0.05, 0) is 60.1 Å². The highest BCUT2D eigenvalue weighted by molar-refractivity contribution is 9.10. The number of nitrogens with one attached hydrogen (secondary N) is 2. The first-order valence-corrected chi connectivity index (χ1v) is 8.18. The van der Waals surface area contributed by atoms with E-state index in [4.69, 9.17) is 12.2 Å². The molecule has 1 saturated carbocycles. The van der Waals surface area contributed by atoms with Gasteiger partial charge < -0.3 is 10.6 Å². The molecule has 0 saturated heterocycles. The van der Waals surface area contributed by atoms with E-state index in [1.54, 1.807) is 0 Å². The maximum absolute atomic E-state index is 5.39. The van der Waals surface area contributed by atoms with Crippen LogP contribution in [-0.2, 0) is 0 Å². The Kier molecular flexibility index (Phi) is 4.22. The largest absolute Gasteiger partial charge is 0.360 e. The standard InChI is InChI=1S/C16H17BrN2S/c17-13-7-5-12-10-15(8-6-11(12)9-13)19-16(20)18-14-3-1-2-4-14/h5-10,14H,1-4H2,(H2,18,19,20). The SMILES string of the molecule is S=C(Nc1ccc2cc(Br)ccc2c1)NC1CCCC1. The molecule has 0 bridgehead atoms. The van der Waals surface area contributed by atoms with Crippen molar-refractivity contribution >= 4 is 49.7 Å². The van der Waals surface area contributed by atoms with Gasteiger partial charge in [0, 0.05) is 16.2 Å². The number of rotatable bonds is 2. The molecule has 0 heterocycles. The predicted molar refractivity (Wildman–Crippen MR) is 93.3 cm³/mol. The Morgan fingerprint density at radius 1 is 1.05 bits per heavy atom. The highest BCUT2D eigenvalue weighted by Gasteiger charge is 2.15. The van der Waals surface area contributed by atoms with E-state index in [1.165, 1.54) is 36.5 Å². The minimum Gasteiger partial charge on any atom is -0.360 e. The van der Waals surface area contributed by atoms with E-state index in [0.29, 0.717) is 6.04 Å². The van der Waals surface area contributed by atoms with Gasteiger partial charge in [-0.2, -0.15) is 0 Å². The van der Waals surface area contributed by atoms with Gasteiger partial charge in [-0.25, -0.2) is 0 Å². The van der Waals surface area contributed by atoms with Crippen molar-refractivity contribution in [2.45, 2.75) is 31.7 Å². The lowest BCUT2D eigenvalue weighted by Crippen LogP contribution is -2.35. The molecule has 0 amide bonds. The Bertz CT molecular complexity index is 635. The summed E-state index contributed by atoms with van der Waals surface area (Å²) in [5.74, 6) is 0.